The van der Waals surface area contributed by atoms with Crippen LogP contribution in [-0.2, 0) is 6.54 Å². The molecule has 0 saturated heterocycles. The Hall–Kier alpha value is -0.540. The smallest absolute Gasteiger partial charge is 0.0834 e. The summed E-state index contributed by atoms with van der Waals surface area (Å²) in [5, 5.41) is 4.97. The lowest BCUT2D eigenvalue weighted by Gasteiger charge is -2.23. The molecule has 1 atom stereocenters. The number of nitrogens with two attached hydrogens (primary N) is 1. The first-order valence-electron chi connectivity index (χ1n) is 7.19. The topological polar surface area (TPSA) is 43.8 Å². The van der Waals surface area contributed by atoms with Crippen LogP contribution < -0.4 is 5.73 Å². The molecule has 1 fully saturated rings. The van der Waals surface area contributed by atoms with Crippen molar-refractivity contribution in [2.45, 2.75) is 64.5 Å². The molecular weight excluding hydrogens is 246 g/mol. The number of aromatic nitrogens is 2. The van der Waals surface area contributed by atoms with Crippen LogP contribution in [-0.4, -0.2) is 9.78 Å². The SMILES string of the molecule is CCn1ncc(Cl)c1C(N)CCC1CCCCC1. The van der Waals surface area contributed by atoms with E-state index in [4.69, 9.17) is 17.3 Å². The van der Waals surface area contributed by atoms with E-state index in [1.165, 1.54) is 38.5 Å². The van der Waals surface area contributed by atoms with Crippen molar-refractivity contribution < 1.29 is 0 Å². The second-order valence-corrected chi connectivity index (χ2v) is 5.79. The Labute approximate surface area is 115 Å². The van der Waals surface area contributed by atoms with Crippen LogP contribution >= 0.6 is 11.6 Å². The summed E-state index contributed by atoms with van der Waals surface area (Å²) in [4.78, 5) is 0. The molecule has 4 heteroatoms. The molecule has 1 aromatic heterocycles. The van der Waals surface area contributed by atoms with Crippen LogP contribution in [0.5, 0.6) is 0 Å². The predicted molar refractivity (Wildman–Crippen MR) is 75.6 cm³/mol. The molecule has 18 heavy (non-hydrogen) atoms. The summed E-state index contributed by atoms with van der Waals surface area (Å²) < 4.78 is 1.92. The fourth-order valence-electron chi connectivity index (χ4n) is 3.02. The van der Waals surface area contributed by atoms with Crippen molar-refractivity contribution in [1.82, 2.24) is 9.78 Å². The highest BCUT2D eigenvalue weighted by Gasteiger charge is 2.19. The molecule has 102 valence electrons. The zero-order valence-electron chi connectivity index (χ0n) is 11.2. The van der Waals surface area contributed by atoms with Crippen molar-refractivity contribution in [3.05, 3.63) is 16.9 Å². The largest absolute Gasteiger partial charge is 0.323 e. The van der Waals surface area contributed by atoms with Gasteiger partial charge in [0.1, 0.15) is 0 Å². The monoisotopic (exact) mass is 269 g/mol. The van der Waals surface area contributed by atoms with E-state index in [-0.39, 0.29) is 6.04 Å². The fourth-order valence-corrected chi connectivity index (χ4v) is 3.30. The molecule has 1 heterocycles. The first-order chi connectivity index (χ1) is 8.72. The van der Waals surface area contributed by atoms with E-state index in [1.807, 2.05) is 4.68 Å². The van der Waals surface area contributed by atoms with Gasteiger partial charge in [-0.2, -0.15) is 5.10 Å². The minimum atomic E-state index is 0.0295. The van der Waals surface area contributed by atoms with Gasteiger partial charge in [0.25, 0.3) is 0 Å². The molecule has 0 amide bonds. The molecule has 2 rings (SSSR count). The van der Waals surface area contributed by atoms with E-state index in [0.717, 1.165) is 24.6 Å². The lowest BCUT2D eigenvalue weighted by atomic mass is 9.85. The number of hydrogen-bond acceptors (Lipinski definition) is 2. The predicted octanol–water partition coefficient (Wildman–Crippen LogP) is 3.92. The van der Waals surface area contributed by atoms with E-state index in [1.54, 1.807) is 6.20 Å². The van der Waals surface area contributed by atoms with E-state index >= 15 is 0 Å². The van der Waals surface area contributed by atoms with Crippen LogP contribution in [0.4, 0.5) is 0 Å². The highest BCUT2D eigenvalue weighted by Crippen LogP contribution is 2.31. The van der Waals surface area contributed by atoms with Gasteiger partial charge in [-0.3, -0.25) is 4.68 Å². The maximum absolute atomic E-state index is 6.29. The van der Waals surface area contributed by atoms with Gasteiger partial charge in [0.05, 0.1) is 16.9 Å². The normalized spacial score (nSPS) is 19.1. The molecule has 1 aliphatic carbocycles. The van der Waals surface area contributed by atoms with Gasteiger partial charge in [0.2, 0.25) is 0 Å². The third-order valence-corrected chi connectivity index (χ3v) is 4.39. The van der Waals surface area contributed by atoms with E-state index in [9.17, 15) is 0 Å². The van der Waals surface area contributed by atoms with Gasteiger partial charge in [0, 0.05) is 12.6 Å². The first kappa shape index (κ1) is 13.9. The van der Waals surface area contributed by atoms with Gasteiger partial charge in [-0.15, -0.1) is 0 Å². The number of rotatable bonds is 5. The third-order valence-electron chi connectivity index (χ3n) is 4.09. The lowest BCUT2D eigenvalue weighted by molar-refractivity contribution is 0.321. The van der Waals surface area contributed by atoms with Gasteiger partial charge in [-0.1, -0.05) is 43.7 Å². The number of nitrogens with zero attached hydrogens (tertiary/aromatic N) is 2. The Kier molecular flexibility index (Phi) is 5.07. The zero-order chi connectivity index (χ0) is 13.0. The fraction of sp³-hybridized carbons (Fsp3) is 0.786. The number of halogens is 1. The van der Waals surface area contributed by atoms with Crippen LogP contribution in [0.1, 0.15) is 63.6 Å². The lowest BCUT2D eigenvalue weighted by Crippen LogP contribution is -2.18. The molecule has 2 N–H and O–H groups in total. The Bertz CT molecular complexity index is 369. The van der Waals surface area contributed by atoms with Gasteiger partial charge in [-0.25, -0.2) is 0 Å². The van der Waals surface area contributed by atoms with Crippen LogP contribution in [0.15, 0.2) is 6.20 Å². The van der Waals surface area contributed by atoms with Crippen LogP contribution in [0.25, 0.3) is 0 Å². The molecule has 0 spiro atoms. The standard InChI is InChI=1S/C14H24ClN3/c1-2-18-14(12(15)10-17-18)13(16)9-8-11-6-4-3-5-7-11/h10-11,13H,2-9,16H2,1H3. The highest BCUT2D eigenvalue weighted by atomic mass is 35.5. The Morgan fingerprint density at radius 3 is 2.83 bits per heavy atom. The summed E-state index contributed by atoms with van der Waals surface area (Å²) in [5.74, 6) is 0.876. The Morgan fingerprint density at radius 2 is 2.17 bits per heavy atom. The molecule has 0 radical (unpaired) electrons. The van der Waals surface area contributed by atoms with Crippen molar-refractivity contribution in [2.24, 2.45) is 11.7 Å². The summed E-state index contributed by atoms with van der Waals surface area (Å²) in [6.07, 6.45) is 10.9. The van der Waals surface area contributed by atoms with Gasteiger partial charge >= 0.3 is 0 Å². The van der Waals surface area contributed by atoms with E-state index < -0.39 is 0 Å². The summed E-state index contributed by atoms with van der Waals surface area (Å²) >= 11 is 6.18. The third kappa shape index (κ3) is 3.27. The van der Waals surface area contributed by atoms with Crippen molar-refractivity contribution in [3.8, 4) is 0 Å². The van der Waals surface area contributed by atoms with Crippen LogP contribution in [0.2, 0.25) is 5.02 Å². The molecule has 1 aromatic rings. The van der Waals surface area contributed by atoms with Gasteiger partial charge in [-0.05, 0) is 25.7 Å². The summed E-state index contributed by atoms with van der Waals surface area (Å²) in [6, 6.07) is 0.0295. The molecule has 0 aliphatic heterocycles. The van der Waals surface area contributed by atoms with E-state index in [0.29, 0.717) is 5.02 Å². The summed E-state index contributed by atoms with van der Waals surface area (Å²) in [5.41, 5.74) is 7.30. The van der Waals surface area contributed by atoms with Crippen LogP contribution in [0, 0.1) is 5.92 Å². The molecule has 1 unspecified atom stereocenters. The molecule has 3 nitrogen and oxygen atoms in total. The Morgan fingerprint density at radius 1 is 1.44 bits per heavy atom. The van der Waals surface area contributed by atoms with Crippen molar-refractivity contribution in [3.63, 3.8) is 0 Å². The zero-order valence-corrected chi connectivity index (χ0v) is 12.0. The second kappa shape index (κ2) is 6.58. The van der Waals surface area contributed by atoms with Gasteiger partial charge in [0.15, 0.2) is 0 Å². The molecular formula is C14H24ClN3. The minimum Gasteiger partial charge on any atom is -0.323 e. The average Bonchev–Trinajstić information content (AvgIpc) is 2.78. The molecule has 1 saturated carbocycles. The highest BCUT2D eigenvalue weighted by molar-refractivity contribution is 6.31. The summed E-state index contributed by atoms with van der Waals surface area (Å²) in [7, 11) is 0. The Balaban J connectivity index is 1.90. The number of hydrogen-bond donors (Lipinski definition) is 1. The number of aryl methyl sites for hydroxylation is 1. The first-order valence-corrected chi connectivity index (χ1v) is 7.57. The van der Waals surface area contributed by atoms with Crippen molar-refractivity contribution >= 4 is 11.6 Å². The van der Waals surface area contributed by atoms with E-state index in [2.05, 4.69) is 12.0 Å². The second-order valence-electron chi connectivity index (χ2n) is 5.38. The molecule has 0 bridgehead atoms. The molecule has 1 aliphatic rings. The summed E-state index contributed by atoms with van der Waals surface area (Å²) in [6.45, 7) is 2.90. The minimum absolute atomic E-state index is 0.0295. The quantitative estimate of drug-likeness (QED) is 0.881. The maximum atomic E-state index is 6.29. The van der Waals surface area contributed by atoms with Crippen molar-refractivity contribution in [1.29, 1.82) is 0 Å². The molecule has 0 aromatic carbocycles. The van der Waals surface area contributed by atoms with Gasteiger partial charge < -0.3 is 5.73 Å². The maximum Gasteiger partial charge on any atom is 0.0834 e. The van der Waals surface area contributed by atoms with Crippen molar-refractivity contribution in [2.75, 3.05) is 0 Å². The average molecular weight is 270 g/mol. The van der Waals surface area contributed by atoms with Crippen LogP contribution in [0.3, 0.4) is 0 Å².